The molecule has 3 heterocycles. The summed E-state index contributed by atoms with van der Waals surface area (Å²) in [7, 11) is 4.01. The van der Waals surface area contributed by atoms with E-state index < -0.39 is 29.2 Å². The third kappa shape index (κ3) is 7.03. The van der Waals surface area contributed by atoms with E-state index >= 15 is 8.78 Å². The molecule has 302 valence electrons. The highest BCUT2D eigenvalue weighted by atomic mass is 35.5. The number of nitrogens with one attached hydrogen (secondary N) is 2. The molecule has 4 aromatic carbocycles. The van der Waals surface area contributed by atoms with Crippen molar-refractivity contribution in [2.24, 2.45) is 16.6 Å². The smallest absolute Gasteiger partial charge is 0.434 e. The molecule has 0 aliphatic rings. The molecule has 2 amide bonds. The fourth-order valence-electron chi connectivity index (χ4n) is 6.75. The topological polar surface area (TPSA) is 250 Å². The summed E-state index contributed by atoms with van der Waals surface area (Å²) in [6.07, 6.45) is 0. The highest BCUT2D eigenvalue weighted by Crippen LogP contribution is 2.41. The van der Waals surface area contributed by atoms with E-state index in [0.29, 0.717) is 11.0 Å². The molecule has 0 spiro atoms. The minimum absolute atomic E-state index is 0.0332. The minimum atomic E-state index is -0.933. The van der Waals surface area contributed by atoms with Crippen molar-refractivity contribution in [3.8, 4) is 45.7 Å². The Morgan fingerprint density at radius 2 is 1.39 bits per heavy atom. The predicted molar refractivity (Wildman–Crippen MR) is 209 cm³/mol. The Morgan fingerprint density at radius 1 is 0.864 bits per heavy atom. The number of methoxy groups -OCH3 is 2. The minimum Gasteiger partial charge on any atom is -0.494 e. The zero-order chi connectivity index (χ0) is 42.3. The monoisotopic (exact) mass is 848 g/mol. The lowest BCUT2D eigenvalue weighted by molar-refractivity contribution is -0.121. The summed E-state index contributed by atoms with van der Waals surface area (Å²) in [5.74, 6) is -5.38. The second kappa shape index (κ2) is 15.9. The van der Waals surface area contributed by atoms with E-state index in [2.05, 4.69) is 20.7 Å². The maximum atomic E-state index is 16.4. The number of imidazole rings is 2. The van der Waals surface area contributed by atoms with Gasteiger partial charge in [0.15, 0.2) is 11.5 Å². The number of nitrogens with two attached hydrogens (primary N) is 2. The van der Waals surface area contributed by atoms with Crippen molar-refractivity contribution < 1.29 is 41.8 Å². The Morgan fingerprint density at radius 3 is 1.86 bits per heavy atom. The number of ether oxygens (including phenoxy) is 3. The van der Waals surface area contributed by atoms with Crippen LogP contribution in [0.5, 0.6) is 11.5 Å². The number of carbonyl (C=O) groups excluding carboxylic acids is 3. The van der Waals surface area contributed by atoms with Crippen LogP contribution in [0.15, 0.2) is 62.8 Å². The molecule has 0 unspecified atom stereocenters. The van der Waals surface area contributed by atoms with Crippen LogP contribution >= 0.6 is 23.2 Å². The van der Waals surface area contributed by atoms with Crippen molar-refractivity contribution in [3.63, 3.8) is 0 Å². The summed E-state index contributed by atoms with van der Waals surface area (Å²) < 4.78 is 57.3. The number of nitrogens with zero attached hydrogens (tertiary/aromatic N) is 6. The first kappa shape index (κ1) is 39.9. The molecule has 18 nitrogen and oxygen atoms in total. The average molecular weight is 850 g/mol. The van der Waals surface area contributed by atoms with Gasteiger partial charge in [0.1, 0.15) is 34.3 Å². The number of rotatable bonds is 13. The van der Waals surface area contributed by atoms with E-state index in [-0.39, 0.29) is 109 Å². The van der Waals surface area contributed by atoms with Gasteiger partial charge in [-0.1, -0.05) is 23.2 Å². The van der Waals surface area contributed by atoms with Gasteiger partial charge in [-0.15, -0.1) is 10.2 Å². The number of hydrogen-bond donors (Lipinski definition) is 4. The molecule has 0 atom stereocenters. The van der Waals surface area contributed by atoms with Gasteiger partial charge in [0.05, 0.1) is 58.6 Å². The van der Waals surface area contributed by atoms with Gasteiger partial charge in [-0.25, -0.2) is 28.6 Å². The van der Waals surface area contributed by atoms with Gasteiger partial charge in [0, 0.05) is 30.2 Å². The molecule has 22 heteroatoms. The van der Waals surface area contributed by atoms with Crippen LogP contribution in [0.2, 0.25) is 10.0 Å². The zero-order valence-corrected chi connectivity index (χ0v) is 32.2. The van der Waals surface area contributed by atoms with E-state index in [1.807, 2.05) is 0 Å². The Hall–Kier alpha value is -7.32. The van der Waals surface area contributed by atoms with Crippen LogP contribution in [0.1, 0.15) is 26.3 Å². The Balaban J connectivity index is 1.53. The average Bonchev–Trinajstić information content (AvgIpc) is 3.90. The zero-order valence-electron chi connectivity index (χ0n) is 30.7. The Kier molecular flexibility index (Phi) is 10.8. The van der Waals surface area contributed by atoms with Crippen molar-refractivity contribution in [2.75, 3.05) is 21.3 Å². The highest BCUT2D eigenvalue weighted by Gasteiger charge is 2.30. The first-order valence-electron chi connectivity index (χ1n) is 17.0. The van der Waals surface area contributed by atoms with Crippen LogP contribution in [0.25, 0.3) is 56.3 Å². The van der Waals surface area contributed by atoms with Gasteiger partial charge >= 0.3 is 5.76 Å². The molecule has 6 N–H and O–H groups in total. The fraction of sp³-hybridized carbons (Fsp3) is 0.135. The van der Waals surface area contributed by atoms with Gasteiger partial charge in [0.2, 0.25) is 11.8 Å². The van der Waals surface area contributed by atoms with Crippen LogP contribution < -0.4 is 32.1 Å². The molecule has 0 bridgehead atoms. The first-order chi connectivity index (χ1) is 28.3. The van der Waals surface area contributed by atoms with Crippen LogP contribution in [-0.2, 0) is 22.6 Å². The molecule has 0 fully saturated rings. The van der Waals surface area contributed by atoms with E-state index in [1.54, 1.807) is 9.13 Å². The number of hydrazone groups is 1. The Bertz CT molecular complexity index is 2960. The fourth-order valence-corrected chi connectivity index (χ4v) is 7.16. The summed E-state index contributed by atoms with van der Waals surface area (Å²) in [5, 5.41) is 9.85. The molecule has 7 rings (SSSR count). The van der Waals surface area contributed by atoms with Gasteiger partial charge in [-0.05, 0) is 48.5 Å². The van der Waals surface area contributed by atoms with Crippen molar-refractivity contribution in [1.82, 2.24) is 34.7 Å². The lowest BCUT2D eigenvalue weighted by Crippen LogP contribution is -2.15. The Labute approximate surface area is 339 Å². The quantitative estimate of drug-likeness (QED) is 0.0537. The second-order valence-electron chi connectivity index (χ2n) is 12.3. The number of primary amides is 2. The maximum Gasteiger partial charge on any atom is 0.434 e. The number of H-pyrrole nitrogens is 1. The standard InChI is InChI=1S/C37H28Cl2F2N10O8/c1-44-47-35(58-14-52)19-10-15(38)12-21(40)25(19)33-45-27-23(6-4-17(31(42)53)29(27)56-2)50(33)8-9-51-24-7-5-18(32(43)54)30(57-3)28(24)46-34(51)26-20(11-16(39)13-22(26)41)36-48-49-37(55)59-36/h4-7,10-14,44H,8-9H2,1-3H3,(H2,42,53)(H2,43,54)(H,49,55)/b47-35-. The number of benzene rings is 4. The van der Waals surface area contributed by atoms with E-state index in [4.69, 9.17) is 63.3 Å². The summed E-state index contributed by atoms with van der Waals surface area (Å²) in [6.45, 7) is -0.187. The lowest BCUT2D eigenvalue weighted by Gasteiger charge is -2.17. The van der Waals surface area contributed by atoms with Crippen LogP contribution in [-0.4, -0.2) is 74.8 Å². The molecule has 0 saturated carbocycles. The molecule has 0 aliphatic carbocycles. The maximum absolute atomic E-state index is 16.4. The molecular formula is C37H28Cl2F2N10O8. The number of amides is 2. The van der Waals surface area contributed by atoms with Crippen molar-refractivity contribution in [1.29, 1.82) is 0 Å². The van der Waals surface area contributed by atoms with Gasteiger partial charge in [0.25, 0.3) is 18.3 Å². The molecular weight excluding hydrogens is 821 g/mol. The van der Waals surface area contributed by atoms with Crippen LogP contribution in [0.4, 0.5) is 8.78 Å². The molecule has 59 heavy (non-hydrogen) atoms. The number of fused-ring (bicyclic) bond motifs is 2. The van der Waals surface area contributed by atoms with Crippen LogP contribution in [0, 0.1) is 11.6 Å². The molecule has 0 aliphatic heterocycles. The lowest BCUT2D eigenvalue weighted by atomic mass is 10.1. The van der Waals surface area contributed by atoms with E-state index in [0.717, 1.165) is 12.1 Å². The van der Waals surface area contributed by atoms with Crippen molar-refractivity contribution >= 4 is 69.5 Å². The molecule has 0 saturated heterocycles. The summed E-state index contributed by atoms with van der Waals surface area (Å²) in [4.78, 5) is 58.0. The highest BCUT2D eigenvalue weighted by molar-refractivity contribution is 6.31. The van der Waals surface area contributed by atoms with E-state index in [1.165, 1.54) is 57.7 Å². The number of hydrogen-bond acceptors (Lipinski definition) is 13. The van der Waals surface area contributed by atoms with Crippen molar-refractivity contribution in [2.45, 2.75) is 13.1 Å². The van der Waals surface area contributed by atoms with Gasteiger partial charge in [-0.3, -0.25) is 14.4 Å². The number of aromatic nitrogens is 6. The normalized spacial score (nSPS) is 11.6. The number of aromatic amines is 1. The van der Waals surface area contributed by atoms with Gasteiger partial charge in [-0.2, -0.15) is 0 Å². The predicted octanol–water partition coefficient (Wildman–Crippen LogP) is 4.62. The second-order valence-corrected chi connectivity index (χ2v) is 13.2. The van der Waals surface area contributed by atoms with Gasteiger partial charge < -0.3 is 44.7 Å². The SMILES string of the molecule is CN/N=C(\OC=O)c1cc(Cl)cc(F)c1-c1nc2c(OC)c(C(N)=O)ccc2n1CCn1c(-c2c(F)cc(Cl)cc2-c2n[nH]c(=O)o2)nc2c(OC)c(C(N)=O)ccc21. The summed E-state index contributed by atoms with van der Waals surface area (Å²) in [6, 6.07) is 10.5. The number of aryl methyl sites for hydroxylation is 2. The largest absolute Gasteiger partial charge is 0.494 e. The van der Waals surface area contributed by atoms with Crippen molar-refractivity contribution in [3.05, 3.63) is 97.5 Å². The summed E-state index contributed by atoms with van der Waals surface area (Å²) in [5.41, 5.74) is 13.9. The van der Waals surface area contributed by atoms with E-state index in [9.17, 15) is 19.2 Å². The third-order valence-electron chi connectivity index (χ3n) is 9.06. The van der Waals surface area contributed by atoms with Crippen LogP contribution in [0.3, 0.4) is 0 Å². The molecule has 7 aromatic rings. The number of carbonyl (C=O) groups is 3. The molecule has 0 radical (unpaired) electrons. The summed E-state index contributed by atoms with van der Waals surface area (Å²) >= 11 is 12.6. The first-order valence-corrected chi connectivity index (χ1v) is 17.7. The third-order valence-corrected chi connectivity index (χ3v) is 9.50. The molecule has 3 aromatic heterocycles. The number of halogens is 4.